The maximum atomic E-state index is 11.8. The lowest BCUT2D eigenvalue weighted by Gasteiger charge is -2.12. The fraction of sp³-hybridized carbons (Fsp3) is 0.286. The number of rotatable bonds is 5. The van der Waals surface area contributed by atoms with Gasteiger partial charge in [-0.3, -0.25) is 0 Å². The molecule has 6 nitrogen and oxygen atoms in total. The monoisotopic (exact) mass is 278 g/mol. The molecule has 0 saturated heterocycles. The molecule has 0 spiro atoms. The largest absolute Gasteiger partial charge is 0.462 e. The zero-order valence-corrected chi connectivity index (χ0v) is 11.6. The molecule has 0 heterocycles. The minimum Gasteiger partial charge on any atom is -0.462 e. The normalized spacial score (nSPS) is 9.90. The third-order valence-corrected chi connectivity index (χ3v) is 2.37. The maximum Gasteiger partial charge on any atom is 0.340 e. The van der Waals surface area contributed by atoms with Gasteiger partial charge >= 0.3 is 11.9 Å². The van der Waals surface area contributed by atoms with Crippen molar-refractivity contribution >= 4 is 23.3 Å². The second-order valence-electron chi connectivity index (χ2n) is 4.29. The van der Waals surface area contributed by atoms with Crippen LogP contribution < -0.4 is 16.2 Å². The molecular weight excluding hydrogens is 260 g/mol. The Labute approximate surface area is 117 Å². The molecule has 4 N–H and O–H groups in total. The van der Waals surface area contributed by atoms with E-state index in [9.17, 15) is 9.59 Å². The zero-order chi connectivity index (χ0) is 15.3. The van der Waals surface area contributed by atoms with Crippen molar-refractivity contribution in [1.29, 1.82) is 0 Å². The van der Waals surface area contributed by atoms with Crippen LogP contribution in [0.3, 0.4) is 0 Å². The molecular formula is C14H18N2O4. The summed E-state index contributed by atoms with van der Waals surface area (Å²) in [4.78, 5) is 23.3. The lowest BCUT2D eigenvalue weighted by Crippen LogP contribution is -2.14. The summed E-state index contributed by atoms with van der Waals surface area (Å²) in [6.45, 7) is 7.11. The summed E-state index contributed by atoms with van der Waals surface area (Å²) >= 11 is 0. The SMILES string of the molecule is C=C(C)C(=O)Oc1cc(N)cc(C(=O)OCCC)c1N. The Balaban J connectivity index is 3.09. The topological polar surface area (TPSA) is 105 Å². The van der Waals surface area contributed by atoms with Gasteiger partial charge in [0.2, 0.25) is 0 Å². The van der Waals surface area contributed by atoms with Gasteiger partial charge in [-0.25, -0.2) is 9.59 Å². The standard InChI is InChI=1S/C14H18N2O4/c1-4-5-19-14(18)10-6-9(15)7-11(12(10)16)20-13(17)8(2)3/h6-7H,2,4-5,15-16H2,1,3H3. The predicted octanol–water partition coefficient (Wildman–Crippen LogP) is 1.90. The van der Waals surface area contributed by atoms with E-state index in [4.69, 9.17) is 20.9 Å². The summed E-state index contributed by atoms with van der Waals surface area (Å²) in [5.74, 6) is -1.24. The molecule has 6 heteroatoms. The molecule has 0 aliphatic carbocycles. The van der Waals surface area contributed by atoms with Crippen molar-refractivity contribution in [2.45, 2.75) is 20.3 Å². The van der Waals surface area contributed by atoms with E-state index in [-0.39, 0.29) is 34.9 Å². The van der Waals surface area contributed by atoms with Gasteiger partial charge in [-0.1, -0.05) is 13.5 Å². The lowest BCUT2D eigenvalue weighted by atomic mass is 10.1. The second kappa shape index (κ2) is 6.60. The number of hydrogen-bond acceptors (Lipinski definition) is 6. The molecule has 0 amide bonds. The van der Waals surface area contributed by atoms with Crippen molar-refractivity contribution in [2.75, 3.05) is 18.1 Å². The molecule has 0 saturated carbocycles. The van der Waals surface area contributed by atoms with Gasteiger partial charge in [-0.05, 0) is 19.4 Å². The maximum absolute atomic E-state index is 11.8. The van der Waals surface area contributed by atoms with Gasteiger partial charge in [0.05, 0.1) is 17.9 Å². The molecule has 0 aliphatic heterocycles. The van der Waals surface area contributed by atoms with Crippen LogP contribution in [0.15, 0.2) is 24.3 Å². The van der Waals surface area contributed by atoms with E-state index in [1.165, 1.54) is 19.1 Å². The third kappa shape index (κ3) is 3.74. The minimum atomic E-state index is -0.643. The van der Waals surface area contributed by atoms with Crippen LogP contribution in [0.5, 0.6) is 5.75 Å². The number of hydrogen-bond donors (Lipinski definition) is 2. The Morgan fingerprint density at radius 3 is 2.50 bits per heavy atom. The molecule has 108 valence electrons. The van der Waals surface area contributed by atoms with Crippen LogP contribution >= 0.6 is 0 Å². The van der Waals surface area contributed by atoms with Gasteiger partial charge in [-0.15, -0.1) is 0 Å². The number of ether oxygens (including phenoxy) is 2. The molecule has 0 bridgehead atoms. The molecule has 0 fully saturated rings. The fourth-order valence-corrected chi connectivity index (χ4v) is 1.36. The van der Waals surface area contributed by atoms with Gasteiger partial charge < -0.3 is 20.9 Å². The Kier molecular flexibility index (Phi) is 5.14. The van der Waals surface area contributed by atoms with Crippen LogP contribution in [0.1, 0.15) is 30.6 Å². The minimum absolute atomic E-state index is 0.00917. The Bertz CT molecular complexity index is 552. The molecule has 0 unspecified atom stereocenters. The first-order valence-corrected chi connectivity index (χ1v) is 6.10. The van der Waals surface area contributed by atoms with Crippen LogP contribution in [0.2, 0.25) is 0 Å². The van der Waals surface area contributed by atoms with Gasteiger partial charge in [0.1, 0.15) is 0 Å². The average Bonchev–Trinajstić information content (AvgIpc) is 2.39. The molecule has 1 aromatic rings. The summed E-state index contributed by atoms with van der Waals surface area (Å²) < 4.78 is 10.0. The highest BCUT2D eigenvalue weighted by Gasteiger charge is 2.18. The molecule has 0 atom stereocenters. The van der Waals surface area contributed by atoms with E-state index in [1.807, 2.05) is 6.92 Å². The number of nitrogens with two attached hydrogens (primary N) is 2. The third-order valence-electron chi connectivity index (χ3n) is 2.37. The molecule has 0 aliphatic rings. The number of nitrogen functional groups attached to an aromatic ring is 2. The van der Waals surface area contributed by atoms with Gasteiger partial charge in [0, 0.05) is 17.3 Å². The first kappa shape index (κ1) is 15.6. The molecule has 0 radical (unpaired) electrons. The predicted molar refractivity (Wildman–Crippen MR) is 76.3 cm³/mol. The number of carbonyl (C=O) groups excluding carboxylic acids is 2. The van der Waals surface area contributed by atoms with Crippen LogP contribution in [0.4, 0.5) is 11.4 Å². The van der Waals surface area contributed by atoms with E-state index in [2.05, 4.69) is 6.58 Å². The van der Waals surface area contributed by atoms with E-state index in [1.54, 1.807) is 0 Å². The van der Waals surface area contributed by atoms with Gasteiger partial charge in [-0.2, -0.15) is 0 Å². The summed E-state index contributed by atoms with van der Waals surface area (Å²) in [7, 11) is 0. The van der Waals surface area contributed by atoms with Crippen LogP contribution in [0, 0.1) is 0 Å². The Morgan fingerprint density at radius 2 is 1.95 bits per heavy atom. The Hall–Kier alpha value is -2.50. The molecule has 1 aromatic carbocycles. The van der Waals surface area contributed by atoms with Gasteiger partial charge in [0.15, 0.2) is 5.75 Å². The first-order chi connectivity index (χ1) is 9.36. The first-order valence-electron chi connectivity index (χ1n) is 6.10. The van der Waals surface area contributed by atoms with E-state index < -0.39 is 11.9 Å². The Morgan fingerprint density at radius 1 is 1.30 bits per heavy atom. The van der Waals surface area contributed by atoms with E-state index in [0.29, 0.717) is 6.42 Å². The van der Waals surface area contributed by atoms with Crippen molar-refractivity contribution in [1.82, 2.24) is 0 Å². The van der Waals surface area contributed by atoms with Crippen LogP contribution in [-0.2, 0) is 9.53 Å². The summed E-state index contributed by atoms with van der Waals surface area (Å²) in [5.41, 5.74) is 12.0. The van der Waals surface area contributed by atoms with Crippen molar-refractivity contribution < 1.29 is 19.1 Å². The fourth-order valence-electron chi connectivity index (χ4n) is 1.36. The highest BCUT2D eigenvalue weighted by molar-refractivity contribution is 5.99. The van der Waals surface area contributed by atoms with Crippen molar-refractivity contribution in [3.05, 3.63) is 29.8 Å². The summed E-state index contributed by atoms with van der Waals surface area (Å²) in [5, 5.41) is 0. The van der Waals surface area contributed by atoms with E-state index >= 15 is 0 Å². The second-order valence-corrected chi connectivity index (χ2v) is 4.29. The van der Waals surface area contributed by atoms with Crippen molar-refractivity contribution in [3.63, 3.8) is 0 Å². The quantitative estimate of drug-likeness (QED) is 0.369. The zero-order valence-electron chi connectivity index (χ0n) is 11.6. The summed E-state index contributed by atoms with van der Waals surface area (Å²) in [6.07, 6.45) is 0.686. The van der Waals surface area contributed by atoms with E-state index in [0.717, 1.165) is 0 Å². The summed E-state index contributed by atoms with van der Waals surface area (Å²) in [6, 6.07) is 2.75. The smallest absolute Gasteiger partial charge is 0.340 e. The highest BCUT2D eigenvalue weighted by Crippen LogP contribution is 2.30. The van der Waals surface area contributed by atoms with Crippen molar-refractivity contribution in [3.8, 4) is 5.75 Å². The van der Waals surface area contributed by atoms with Crippen LogP contribution in [0.25, 0.3) is 0 Å². The number of esters is 2. The lowest BCUT2D eigenvalue weighted by molar-refractivity contribution is -0.130. The molecule has 0 aromatic heterocycles. The van der Waals surface area contributed by atoms with Crippen LogP contribution in [-0.4, -0.2) is 18.5 Å². The number of carbonyl (C=O) groups is 2. The van der Waals surface area contributed by atoms with Gasteiger partial charge in [0.25, 0.3) is 0 Å². The molecule has 20 heavy (non-hydrogen) atoms. The average molecular weight is 278 g/mol. The van der Waals surface area contributed by atoms with Crippen molar-refractivity contribution in [2.24, 2.45) is 0 Å². The number of benzene rings is 1. The molecule has 1 rings (SSSR count). The highest BCUT2D eigenvalue weighted by atomic mass is 16.5. The number of anilines is 2.